The normalized spacial score (nSPS) is 15.3. The second-order valence-corrected chi connectivity index (χ2v) is 5.71. The number of benzene rings is 2. The molecule has 0 saturated carbocycles. The van der Waals surface area contributed by atoms with E-state index in [4.69, 9.17) is 0 Å². The predicted octanol–water partition coefficient (Wildman–Crippen LogP) is 3.67. The van der Waals surface area contributed by atoms with Gasteiger partial charge in [-0.1, -0.05) is 36.4 Å². The van der Waals surface area contributed by atoms with Crippen molar-refractivity contribution < 1.29 is 0 Å². The van der Waals surface area contributed by atoms with Crippen LogP contribution in [-0.4, -0.2) is 0 Å². The van der Waals surface area contributed by atoms with Crippen molar-refractivity contribution in [2.75, 3.05) is 0 Å². The van der Waals surface area contributed by atoms with E-state index >= 15 is 0 Å². The van der Waals surface area contributed by atoms with Gasteiger partial charge in [-0.25, -0.2) is 0 Å². The van der Waals surface area contributed by atoms with Gasteiger partial charge in [-0.15, -0.1) is 0 Å². The van der Waals surface area contributed by atoms with Crippen molar-refractivity contribution >= 4 is 0 Å². The Labute approximate surface area is 109 Å². The Balaban J connectivity index is 1.48. The van der Waals surface area contributed by atoms with Crippen molar-refractivity contribution in [3.63, 3.8) is 0 Å². The van der Waals surface area contributed by atoms with E-state index in [1.807, 2.05) is 0 Å². The molecule has 0 aromatic heterocycles. The van der Waals surface area contributed by atoms with Gasteiger partial charge in [0.15, 0.2) is 0 Å². The third-order valence-corrected chi connectivity index (χ3v) is 4.57. The average molecular weight is 234 g/mol. The zero-order valence-electron chi connectivity index (χ0n) is 10.7. The summed E-state index contributed by atoms with van der Waals surface area (Å²) in [6.07, 6.45) is 7.54. The summed E-state index contributed by atoms with van der Waals surface area (Å²) in [4.78, 5) is 0. The number of hydrogen-bond acceptors (Lipinski definition) is 0. The molecule has 0 heterocycles. The van der Waals surface area contributed by atoms with E-state index in [9.17, 15) is 0 Å². The fourth-order valence-electron chi connectivity index (χ4n) is 3.10. The smallest absolute Gasteiger partial charge is 0.0235 e. The Morgan fingerprint density at radius 2 is 1.00 bits per heavy atom. The van der Waals surface area contributed by atoms with E-state index in [0.29, 0.717) is 0 Å². The largest absolute Gasteiger partial charge is 0.0587 e. The highest BCUT2D eigenvalue weighted by atomic mass is 14.2. The van der Waals surface area contributed by atoms with Gasteiger partial charge in [-0.3, -0.25) is 0 Å². The van der Waals surface area contributed by atoms with Crippen molar-refractivity contribution in [1.29, 1.82) is 0 Å². The van der Waals surface area contributed by atoms with Gasteiger partial charge >= 0.3 is 0 Å². The van der Waals surface area contributed by atoms with Crippen LogP contribution >= 0.6 is 0 Å². The lowest BCUT2D eigenvalue weighted by molar-refractivity contribution is 0.820. The van der Waals surface area contributed by atoms with E-state index in [-0.39, 0.29) is 0 Å². The highest BCUT2D eigenvalue weighted by Crippen LogP contribution is 2.26. The lowest BCUT2D eigenvalue weighted by Crippen LogP contribution is -2.09. The van der Waals surface area contributed by atoms with Crippen LogP contribution in [0.3, 0.4) is 0 Å². The van der Waals surface area contributed by atoms with Crippen molar-refractivity contribution in [2.45, 2.75) is 38.5 Å². The monoisotopic (exact) mass is 234 g/mol. The van der Waals surface area contributed by atoms with Gasteiger partial charge in [-0.05, 0) is 71.9 Å². The molecule has 0 saturated heterocycles. The Hall–Kier alpha value is -1.56. The minimum atomic E-state index is 1.19. The third kappa shape index (κ3) is 1.68. The molecule has 0 atom stereocenters. The van der Waals surface area contributed by atoms with Gasteiger partial charge in [0.05, 0.1) is 0 Å². The summed E-state index contributed by atoms with van der Waals surface area (Å²) in [7, 11) is 0. The van der Waals surface area contributed by atoms with Gasteiger partial charge in [0.2, 0.25) is 0 Å². The Morgan fingerprint density at radius 3 is 1.33 bits per heavy atom. The number of hydrogen-bond donors (Lipinski definition) is 0. The van der Waals surface area contributed by atoms with Crippen LogP contribution in [0.4, 0.5) is 0 Å². The standard InChI is InChI=1S/C18H18/c1(13-3-5-15-7-9-17(15)11-13)2-14-4-6-16-8-10-18(16)12-14/h3-6,11-12H,1-2,7-10H2. The van der Waals surface area contributed by atoms with Crippen LogP contribution in [0.1, 0.15) is 33.4 Å². The van der Waals surface area contributed by atoms with E-state index in [1.165, 1.54) is 49.7 Å². The topological polar surface area (TPSA) is 0 Å². The maximum atomic E-state index is 2.42. The molecule has 2 aliphatic carbocycles. The second kappa shape index (κ2) is 3.98. The molecule has 0 heteroatoms. The number of fused-ring (bicyclic) bond motifs is 2. The molecule has 0 bridgehead atoms. The maximum absolute atomic E-state index is 2.42. The molecule has 0 N–H and O–H groups in total. The summed E-state index contributed by atoms with van der Waals surface area (Å²) in [6.45, 7) is 0. The molecular weight excluding hydrogens is 216 g/mol. The highest BCUT2D eigenvalue weighted by Gasteiger charge is 2.14. The summed E-state index contributed by atoms with van der Waals surface area (Å²) in [5.41, 5.74) is 9.33. The summed E-state index contributed by atoms with van der Waals surface area (Å²) >= 11 is 0. The van der Waals surface area contributed by atoms with E-state index in [0.717, 1.165) is 0 Å². The minimum absolute atomic E-state index is 1.19. The van der Waals surface area contributed by atoms with Crippen molar-refractivity contribution in [3.05, 3.63) is 69.8 Å². The van der Waals surface area contributed by atoms with Gasteiger partial charge in [-0.2, -0.15) is 0 Å². The quantitative estimate of drug-likeness (QED) is 0.760. The molecule has 0 unspecified atom stereocenters. The first kappa shape index (κ1) is 10.4. The molecule has 0 nitrogen and oxygen atoms in total. The van der Waals surface area contributed by atoms with Crippen LogP contribution in [0.25, 0.3) is 0 Å². The summed E-state index contributed by atoms with van der Waals surface area (Å²) in [5, 5.41) is 0. The van der Waals surface area contributed by atoms with Gasteiger partial charge < -0.3 is 0 Å². The first-order valence-electron chi connectivity index (χ1n) is 7.10. The van der Waals surface area contributed by atoms with E-state index < -0.39 is 0 Å². The molecule has 90 valence electrons. The van der Waals surface area contributed by atoms with E-state index in [1.54, 1.807) is 22.3 Å². The van der Waals surface area contributed by atoms with Crippen LogP contribution < -0.4 is 0 Å². The van der Waals surface area contributed by atoms with Crippen LogP contribution in [0.15, 0.2) is 36.4 Å². The Morgan fingerprint density at radius 1 is 0.556 bits per heavy atom. The average Bonchev–Trinajstić information content (AvgIpc) is 2.32. The molecule has 2 aromatic rings. The fourth-order valence-corrected chi connectivity index (χ4v) is 3.10. The van der Waals surface area contributed by atoms with Crippen LogP contribution in [-0.2, 0) is 38.5 Å². The first-order valence-corrected chi connectivity index (χ1v) is 7.10. The SMILES string of the molecule is c1cc2c(cc1CCc1ccc3c(c1)CC3)CC2. The number of rotatable bonds is 3. The summed E-state index contributed by atoms with van der Waals surface area (Å²) in [5.74, 6) is 0. The fraction of sp³-hybridized carbons (Fsp3) is 0.333. The molecule has 0 amide bonds. The Bertz CT molecular complexity index is 552. The molecular formula is C18H18. The molecule has 4 rings (SSSR count). The number of aryl methyl sites for hydroxylation is 6. The van der Waals surface area contributed by atoms with Crippen LogP contribution in [0.2, 0.25) is 0 Å². The highest BCUT2D eigenvalue weighted by molar-refractivity contribution is 5.40. The first-order chi connectivity index (χ1) is 8.88. The van der Waals surface area contributed by atoms with E-state index in [2.05, 4.69) is 36.4 Å². The van der Waals surface area contributed by atoms with Gasteiger partial charge in [0, 0.05) is 0 Å². The Kier molecular flexibility index (Phi) is 2.29. The second-order valence-electron chi connectivity index (χ2n) is 5.71. The molecule has 0 fully saturated rings. The lowest BCUT2D eigenvalue weighted by atomic mass is 9.85. The summed E-state index contributed by atoms with van der Waals surface area (Å²) < 4.78 is 0. The molecule has 2 aliphatic rings. The maximum Gasteiger partial charge on any atom is -0.0235 e. The molecule has 18 heavy (non-hydrogen) atoms. The van der Waals surface area contributed by atoms with Crippen molar-refractivity contribution in [1.82, 2.24) is 0 Å². The van der Waals surface area contributed by atoms with Gasteiger partial charge in [0.25, 0.3) is 0 Å². The summed E-state index contributed by atoms with van der Waals surface area (Å²) in [6, 6.07) is 14.1. The lowest BCUT2D eigenvalue weighted by Gasteiger charge is -2.20. The minimum Gasteiger partial charge on any atom is -0.0587 e. The molecule has 0 radical (unpaired) electrons. The predicted molar refractivity (Wildman–Crippen MR) is 75.1 cm³/mol. The van der Waals surface area contributed by atoms with Gasteiger partial charge in [0.1, 0.15) is 0 Å². The van der Waals surface area contributed by atoms with Crippen molar-refractivity contribution in [3.8, 4) is 0 Å². The zero-order valence-corrected chi connectivity index (χ0v) is 10.7. The van der Waals surface area contributed by atoms with Crippen molar-refractivity contribution in [2.24, 2.45) is 0 Å². The third-order valence-electron chi connectivity index (χ3n) is 4.57. The molecule has 0 spiro atoms. The molecule has 0 aliphatic heterocycles. The molecule has 2 aromatic carbocycles. The van der Waals surface area contributed by atoms with Crippen LogP contribution in [0, 0.1) is 0 Å². The zero-order chi connectivity index (χ0) is 11.9. The van der Waals surface area contributed by atoms with Crippen LogP contribution in [0.5, 0.6) is 0 Å².